The van der Waals surface area contributed by atoms with Gasteiger partial charge in [-0.3, -0.25) is 4.90 Å². The van der Waals surface area contributed by atoms with Gasteiger partial charge >= 0.3 is 0 Å². The van der Waals surface area contributed by atoms with Gasteiger partial charge in [-0.2, -0.15) is 5.26 Å². The maximum Gasteiger partial charge on any atom is 0.0669 e. The molecule has 1 aliphatic rings. The molecule has 2 rings (SSSR count). The molecule has 0 N–H and O–H groups in total. The van der Waals surface area contributed by atoms with Crippen molar-refractivity contribution in [2.45, 2.75) is 25.9 Å². The minimum Gasteiger partial charge on any atom is -0.305 e. The first-order valence-electron chi connectivity index (χ1n) is 6.50. The van der Waals surface area contributed by atoms with Crippen molar-refractivity contribution in [3.05, 3.63) is 21.9 Å². The molecule has 98 valence electrons. The summed E-state index contributed by atoms with van der Waals surface area (Å²) < 4.78 is 0. The van der Waals surface area contributed by atoms with Crippen molar-refractivity contribution in [2.24, 2.45) is 5.92 Å². The lowest BCUT2D eigenvalue weighted by atomic mass is 10.00. The molecule has 0 amide bonds. The molecular formula is C14H21N3S. The molecule has 0 unspecified atom stereocenters. The summed E-state index contributed by atoms with van der Waals surface area (Å²) in [5.74, 6) is 0.236. The molecule has 3 nitrogen and oxygen atoms in total. The average molecular weight is 263 g/mol. The van der Waals surface area contributed by atoms with Crippen LogP contribution >= 0.6 is 11.3 Å². The zero-order valence-electron chi connectivity index (χ0n) is 11.2. The Morgan fingerprint density at radius 3 is 3.11 bits per heavy atom. The predicted molar refractivity (Wildman–Crippen MR) is 75.3 cm³/mol. The van der Waals surface area contributed by atoms with E-state index in [1.807, 2.05) is 11.3 Å². The number of hydrogen-bond acceptors (Lipinski definition) is 4. The molecular weight excluding hydrogens is 242 g/mol. The topological polar surface area (TPSA) is 30.3 Å². The van der Waals surface area contributed by atoms with E-state index in [0.29, 0.717) is 0 Å². The molecule has 0 aliphatic carbocycles. The first kappa shape index (κ1) is 13.5. The van der Waals surface area contributed by atoms with Gasteiger partial charge in [0.15, 0.2) is 0 Å². The van der Waals surface area contributed by atoms with Crippen LogP contribution in [0, 0.1) is 17.2 Å². The fourth-order valence-electron chi connectivity index (χ4n) is 2.48. The van der Waals surface area contributed by atoms with Crippen LogP contribution in [0.4, 0.5) is 0 Å². The van der Waals surface area contributed by atoms with E-state index in [-0.39, 0.29) is 5.92 Å². The van der Waals surface area contributed by atoms with E-state index in [0.717, 1.165) is 39.0 Å². The maximum atomic E-state index is 9.00. The molecule has 4 heteroatoms. The monoisotopic (exact) mass is 263 g/mol. The highest BCUT2D eigenvalue weighted by atomic mass is 32.1. The Morgan fingerprint density at radius 1 is 1.56 bits per heavy atom. The molecule has 1 aromatic rings. The smallest absolute Gasteiger partial charge is 0.0669 e. The van der Waals surface area contributed by atoms with Crippen LogP contribution in [0.1, 0.15) is 23.3 Å². The molecule has 0 saturated carbocycles. The van der Waals surface area contributed by atoms with E-state index in [1.165, 1.54) is 10.4 Å². The van der Waals surface area contributed by atoms with E-state index in [2.05, 4.69) is 41.4 Å². The highest BCUT2D eigenvalue weighted by molar-refractivity contribution is 7.10. The largest absolute Gasteiger partial charge is 0.305 e. The molecule has 0 aromatic carbocycles. The molecule has 1 aromatic heterocycles. The van der Waals surface area contributed by atoms with Gasteiger partial charge in [0.25, 0.3) is 0 Å². The summed E-state index contributed by atoms with van der Waals surface area (Å²) in [6.45, 7) is 4.10. The third-order valence-corrected chi connectivity index (χ3v) is 4.24. The van der Waals surface area contributed by atoms with Crippen LogP contribution in [-0.4, -0.2) is 37.0 Å². The van der Waals surface area contributed by atoms with Crippen molar-refractivity contribution in [1.29, 1.82) is 5.26 Å². The normalized spacial score (nSPS) is 21.1. The summed E-state index contributed by atoms with van der Waals surface area (Å²) in [6, 6.07) is 4.71. The summed E-state index contributed by atoms with van der Waals surface area (Å²) in [7, 11) is 4.19. The molecule has 0 radical (unpaired) electrons. The van der Waals surface area contributed by atoms with Gasteiger partial charge in [-0.15, -0.1) is 11.3 Å². The number of hydrogen-bond donors (Lipinski definition) is 0. The highest BCUT2D eigenvalue weighted by Gasteiger charge is 2.19. The number of likely N-dealkylation sites (tertiary alicyclic amines) is 1. The van der Waals surface area contributed by atoms with Crippen LogP contribution in [0.3, 0.4) is 0 Å². The standard InChI is InChI=1S/C14H21N3S/c1-16(2)8-13-6-14(18-11-13)10-17-5-3-4-12(7-15)9-17/h6,11-12H,3-5,8-10H2,1-2H3/t12-/m1/s1. The summed E-state index contributed by atoms with van der Waals surface area (Å²) in [5, 5.41) is 11.2. The van der Waals surface area contributed by atoms with Crippen molar-refractivity contribution in [3.8, 4) is 6.07 Å². The van der Waals surface area contributed by atoms with Crippen LogP contribution in [0.5, 0.6) is 0 Å². The van der Waals surface area contributed by atoms with Gasteiger partial charge in [0.2, 0.25) is 0 Å². The molecule has 0 bridgehead atoms. The first-order valence-corrected chi connectivity index (χ1v) is 7.38. The quantitative estimate of drug-likeness (QED) is 0.836. The number of nitrogens with zero attached hydrogens (tertiary/aromatic N) is 3. The van der Waals surface area contributed by atoms with Crippen molar-refractivity contribution in [1.82, 2.24) is 9.80 Å². The van der Waals surface area contributed by atoms with Gasteiger partial charge in [0, 0.05) is 24.5 Å². The molecule has 18 heavy (non-hydrogen) atoms. The van der Waals surface area contributed by atoms with Crippen LogP contribution in [0.15, 0.2) is 11.4 Å². The van der Waals surface area contributed by atoms with Gasteiger partial charge in [0.1, 0.15) is 0 Å². The minimum absolute atomic E-state index is 0.236. The molecule has 0 spiro atoms. The lowest BCUT2D eigenvalue weighted by Crippen LogP contribution is -2.34. The van der Waals surface area contributed by atoms with Crippen LogP contribution < -0.4 is 0 Å². The van der Waals surface area contributed by atoms with Crippen LogP contribution in [0.2, 0.25) is 0 Å². The highest BCUT2D eigenvalue weighted by Crippen LogP contribution is 2.22. The van der Waals surface area contributed by atoms with E-state index >= 15 is 0 Å². The number of piperidine rings is 1. The summed E-state index contributed by atoms with van der Waals surface area (Å²) >= 11 is 1.84. The van der Waals surface area contributed by atoms with E-state index in [1.54, 1.807) is 0 Å². The Morgan fingerprint density at radius 2 is 2.39 bits per heavy atom. The van der Waals surface area contributed by atoms with Crippen molar-refractivity contribution >= 4 is 11.3 Å². The van der Waals surface area contributed by atoms with Gasteiger partial charge in [-0.25, -0.2) is 0 Å². The second-order valence-electron chi connectivity index (χ2n) is 5.36. The molecule has 1 fully saturated rings. The fourth-order valence-corrected chi connectivity index (χ4v) is 3.40. The predicted octanol–water partition coefficient (Wildman–Crippen LogP) is 2.55. The Bertz CT molecular complexity index is 419. The van der Waals surface area contributed by atoms with E-state index in [9.17, 15) is 0 Å². The average Bonchev–Trinajstić information content (AvgIpc) is 2.76. The summed E-state index contributed by atoms with van der Waals surface area (Å²) in [6.07, 6.45) is 2.23. The number of thiophene rings is 1. The third kappa shape index (κ3) is 3.81. The Hall–Kier alpha value is -0.890. The molecule has 1 aliphatic heterocycles. The van der Waals surface area contributed by atoms with Gasteiger partial charge in [-0.05, 0) is 50.5 Å². The Labute approximate surface area is 114 Å². The lowest BCUT2D eigenvalue weighted by molar-refractivity contribution is 0.193. The van der Waals surface area contributed by atoms with Crippen molar-refractivity contribution in [3.63, 3.8) is 0 Å². The van der Waals surface area contributed by atoms with Gasteiger partial charge in [0.05, 0.1) is 12.0 Å². The summed E-state index contributed by atoms with van der Waals surface area (Å²) in [5.41, 5.74) is 1.40. The van der Waals surface area contributed by atoms with Crippen LogP contribution in [0.25, 0.3) is 0 Å². The van der Waals surface area contributed by atoms with Crippen molar-refractivity contribution < 1.29 is 0 Å². The second-order valence-corrected chi connectivity index (χ2v) is 6.36. The Balaban J connectivity index is 1.89. The number of rotatable bonds is 4. The molecule has 1 saturated heterocycles. The first-order chi connectivity index (χ1) is 8.67. The fraction of sp³-hybridized carbons (Fsp3) is 0.643. The van der Waals surface area contributed by atoms with E-state index in [4.69, 9.17) is 5.26 Å². The molecule has 2 heterocycles. The zero-order valence-corrected chi connectivity index (χ0v) is 12.0. The van der Waals surface area contributed by atoms with Crippen LogP contribution in [-0.2, 0) is 13.1 Å². The molecule has 1 atom stereocenters. The summed E-state index contributed by atoms with van der Waals surface area (Å²) in [4.78, 5) is 6.03. The number of nitriles is 1. The second kappa shape index (κ2) is 6.33. The SMILES string of the molecule is CN(C)Cc1csc(CN2CCC[C@H](C#N)C2)c1. The lowest BCUT2D eigenvalue weighted by Gasteiger charge is -2.28. The van der Waals surface area contributed by atoms with Gasteiger partial charge in [-0.1, -0.05) is 0 Å². The minimum atomic E-state index is 0.236. The third-order valence-electron chi connectivity index (χ3n) is 3.27. The van der Waals surface area contributed by atoms with E-state index < -0.39 is 0 Å². The van der Waals surface area contributed by atoms with Crippen molar-refractivity contribution in [2.75, 3.05) is 27.2 Å². The Kier molecular flexibility index (Phi) is 4.76. The maximum absolute atomic E-state index is 9.00. The van der Waals surface area contributed by atoms with Gasteiger partial charge < -0.3 is 4.90 Å². The zero-order chi connectivity index (χ0) is 13.0.